The van der Waals surface area contributed by atoms with Crippen molar-refractivity contribution in [2.75, 3.05) is 13.7 Å². The van der Waals surface area contributed by atoms with Crippen LogP contribution in [0.15, 0.2) is 23.9 Å². The second-order valence-corrected chi connectivity index (χ2v) is 4.37. The van der Waals surface area contributed by atoms with Gasteiger partial charge in [0.05, 0.1) is 6.61 Å². The molecule has 1 amide bonds. The lowest BCUT2D eigenvalue weighted by Gasteiger charge is -2.08. The first-order chi connectivity index (χ1) is 9.04. The fourth-order valence-corrected chi connectivity index (χ4v) is 1.90. The number of hydrogen-bond donors (Lipinski definition) is 2. The zero-order valence-corrected chi connectivity index (χ0v) is 11.5. The van der Waals surface area contributed by atoms with Gasteiger partial charge in [-0.3, -0.25) is 9.69 Å². The fraction of sp³-hybridized carbons (Fsp3) is 0.231. The number of likely N-dealkylation sites (N-methyl/N-ethyl adjacent to an activating group) is 1. The minimum absolute atomic E-state index is 0.00641. The number of nitrogens with one attached hydrogen (secondary N) is 1. The third-order valence-corrected chi connectivity index (χ3v) is 3.09. The summed E-state index contributed by atoms with van der Waals surface area (Å²) in [4.78, 5) is 13.2. The molecule has 0 atom stereocenters. The van der Waals surface area contributed by atoms with E-state index in [0.29, 0.717) is 28.7 Å². The summed E-state index contributed by atoms with van der Waals surface area (Å²) in [7, 11) is 1.59. The van der Waals surface area contributed by atoms with Crippen molar-refractivity contribution in [3.05, 3.63) is 29.5 Å². The molecule has 0 aliphatic carbocycles. The number of ether oxygens (including phenoxy) is 1. The Labute approximate surface area is 116 Å². The van der Waals surface area contributed by atoms with Gasteiger partial charge >= 0.3 is 0 Å². The van der Waals surface area contributed by atoms with Crippen LogP contribution >= 0.6 is 12.2 Å². The average Bonchev–Trinajstić information content (AvgIpc) is 2.62. The Hall–Kier alpha value is -2.08. The monoisotopic (exact) mass is 278 g/mol. The average molecular weight is 278 g/mol. The predicted molar refractivity (Wildman–Crippen MR) is 75.8 cm³/mol. The molecule has 19 heavy (non-hydrogen) atoms. The number of nitrogens with zero attached hydrogens (tertiary/aromatic N) is 1. The highest BCUT2D eigenvalue weighted by Crippen LogP contribution is 2.31. The van der Waals surface area contributed by atoms with Crippen LogP contribution in [0.2, 0.25) is 0 Å². The minimum Gasteiger partial charge on any atom is -0.504 e. The molecule has 1 fully saturated rings. The minimum atomic E-state index is -0.230. The van der Waals surface area contributed by atoms with Gasteiger partial charge in [-0.15, -0.1) is 0 Å². The molecule has 0 saturated carbocycles. The number of thiocarbonyl (C=S) groups is 1. The van der Waals surface area contributed by atoms with Crippen LogP contribution in [-0.4, -0.2) is 34.7 Å². The van der Waals surface area contributed by atoms with E-state index in [0.717, 1.165) is 0 Å². The summed E-state index contributed by atoms with van der Waals surface area (Å²) in [6.07, 6.45) is 1.55. The molecule has 100 valence electrons. The molecule has 1 heterocycles. The second kappa shape index (κ2) is 5.27. The molecule has 0 radical (unpaired) electrons. The van der Waals surface area contributed by atoms with Gasteiger partial charge in [0, 0.05) is 12.6 Å². The molecule has 0 unspecified atom stereocenters. The Bertz CT molecular complexity index is 569. The predicted octanol–water partition coefficient (Wildman–Crippen LogP) is 1.48. The molecule has 2 rings (SSSR count). The summed E-state index contributed by atoms with van der Waals surface area (Å²) >= 11 is 4.98. The summed E-state index contributed by atoms with van der Waals surface area (Å²) in [5.41, 5.74) is 0.830. The molecule has 1 saturated heterocycles. The van der Waals surface area contributed by atoms with Crippen molar-refractivity contribution < 1.29 is 14.6 Å². The van der Waals surface area contributed by atoms with Crippen LogP contribution in [-0.2, 0) is 4.79 Å². The number of carbonyl (C=O) groups is 1. The molecule has 6 heteroatoms. The van der Waals surface area contributed by atoms with Gasteiger partial charge in [0.2, 0.25) is 0 Å². The highest BCUT2D eigenvalue weighted by molar-refractivity contribution is 7.80. The lowest BCUT2D eigenvalue weighted by Crippen LogP contribution is -2.25. The van der Waals surface area contributed by atoms with Crippen molar-refractivity contribution in [1.82, 2.24) is 10.2 Å². The van der Waals surface area contributed by atoms with Crippen LogP contribution in [0.4, 0.5) is 0 Å². The summed E-state index contributed by atoms with van der Waals surface area (Å²) in [6, 6.07) is 5.11. The third-order valence-electron chi connectivity index (χ3n) is 2.71. The number of amides is 1. The first-order valence-corrected chi connectivity index (χ1v) is 6.21. The van der Waals surface area contributed by atoms with Gasteiger partial charge in [-0.05, 0) is 31.3 Å². The van der Waals surface area contributed by atoms with E-state index in [4.69, 9.17) is 17.0 Å². The second-order valence-electron chi connectivity index (χ2n) is 3.98. The third kappa shape index (κ3) is 2.53. The standard InChI is InChI=1S/C13H14N2O3S/c1-3-18-10-6-4-5-8(11(10)16)7-9-12(17)15(2)13(19)14-9/h4-7,16H,3H2,1-2H3,(H,14,19). The van der Waals surface area contributed by atoms with E-state index in [9.17, 15) is 9.90 Å². The number of aromatic hydroxyl groups is 1. The molecule has 1 aliphatic rings. The van der Waals surface area contributed by atoms with E-state index >= 15 is 0 Å². The van der Waals surface area contributed by atoms with Gasteiger partial charge in [-0.1, -0.05) is 12.1 Å². The molecule has 5 nitrogen and oxygen atoms in total. The summed E-state index contributed by atoms with van der Waals surface area (Å²) < 4.78 is 5.29. The van der Waals surface area contributed by atoms with Gasteiger partial charge in [-0.25, -0.2) is 0 Å². The summed E-state index contributed by atoms with van der Waals surface area (Å²) in [5.74, 6) is 0.163. The number of rotatable bonds is 3. The van der Waals surface area contributed by atoms with Crippen molar-refractivity contribution in [3.63, 3.8) is 0 Å². The summed E-state index contributed by atoms with van der Waals surface area (Å²) in [6.45, 7) is 2.29. The molecular weight excluding hydrogens is 264 g/mol. The van der Waals surface area contributed by atoms with Crippen molar-refractivity contribution in [2.45, 2.75) is 6.92 Å². The van der Waals surface area contributed by atoms with E-state index in [1.165, 1.54) is 4.90 Å². The number of benzene rings is 1. The van der Waals surface area contributed by atoms with Gasteiger partial charge in [0.15, 0.2) is 16.6 Å². The Morgan fingerprint density at radius 1 is 1.53 bits per heavy atom. The lowest BCUT2D eigenvalue weighted by atomic mass is 10.1. The van der Waals surface area contributed by atoms with Crippen LogP contribution in [0.25, 0.3) is 6.08 Å². The quantitative estimate of drug-likeness (QED) is 0.648. The Morgan fingerprint density at radius 3 is 2.84 bits per heavy atom. The number of phenols is 1. The zero-order chi connectivity index (χ0) is 14.0. The van der Waals surface area contributed by atoms with Gasteiger partial charge < -0.3 is 15.2 Å². The van der Waals surface area contributed by atoms with E-state index in [-0.39, 0.29) is 11.7 Å². The Kier molecular flexibility index (Phi) is 3.71. The van der Waals surface area contributed by atoms with Crippen molar-refractivity contribution in [1.29, 1.82) is 0 Å². The molecular formula is C13H14N2O3S. The molecule has 1 aliphatic heterocycles. The van der Waals surface area contributed by atoms with Crippen LogP contribution in [0.5, 0.6) is 11.5 Å². The largest absolute Gasteiger partial charge is 0.504 e. The molecule has 0 spiro atoms. The zero-order valence-electron chi connectivity index (χ0n) is 10.6. The molecule has 2 N–H and O–H groups in total. The molecule has 0 bridgehead atoms. The van der Waals surface area contributed by atoms with Crippen LogP contribution in [0.1, 0.15) is 12.5 Å². The maximum absolute atomic E-state index is 11.8. The maximum atomic E-state index is 11.8. The first-order valence-electron chi connectivity index (χ1n) is 5.80. The summed E-state index contributed by atoms with van der Waals surface area (Å²) in [5, 5.41) is 13.2. The molecule has 0 aromatic heterocycles. The number of carbonyl (C=O) groups excluding carboxylic acids is 1. The topological polar surface area (TPSA) is 61.8 Å². The lowest BCUT2D eigenvalue weighted by molar-refractivity contribution is -0.121. The number of phenolic OH excluding ortho intramolecular Hbond substituents is 1. The van der Waals surface area contributed by atoms with Gasteiger partial charge in [0.1, 0.15) is 5.70 Å². The van der Waals surface area contributed by atoms with Crippen LogP contribution < -0.4 is 10.1 Å². The van der Waals surface area contributed by atoms with Crippen molar-refractivity contribution >= 4 is 29.3 Å². The maximum Gasteiger partial charge on any atom is 0.276 e. The van der Waals surface area contributed by atoms with Gasteiger partial charge in [-0.2, -0.15) is 0 Å². The number of para-hydroxylation sites is 1. The van der Waals surface area contributed by atoms with E-state index < -0.39 is 0 Å². The van der Waals surface area contributed by atoms with Gasteiger partial charge in [0.25, 0.3) is 5.91 Å². The van der Waals surface area contributed by atoms with Crippen LogP contribution in [0.3, 0.4) is 0 Å². The highest BCUT2D eigenvalue weighted by Gasteiger charge is 2.27. The SMILES string of the molecule is CCOc1cccc(C=C2NC(=S)N(C)C2=O)c1O. The molecule has 1 aromatic rings. The van der Waals surface area contributed by atoms with E-state index in [1.54, 1.807) is 31.3 Å². The van der Waals surface area contributed by atoms with Crippen molar-refractivity contribution in [2.24, 2.45) is 0 Å². The molecule has 1 aromatic carbocycles. The Morgan fingerprint density at radius 2 is 2.26 bits per heavy atom. The van der Waals surface area contributed by atoms with Crippen molar-refractivity contribution in [3.8, 4) is 11.5 Å². The van der Waals surface area contributed by atoms with E-state index in [1.807, 2.05) is 6.92 Å². The number of hydrogen-bond acceptors (Lipinski definition) is 4. The Balaban J connectivity index is 2.36. The normalized spacial score (nSPS) is 16.9. The van der Waals surface area contributed by atoms with Crippen LogP contribution in [0, 0.1) is 0 Å². The first kappa shape index (κ1) is 13.4. The fourth-order valence-electron chi connectivity index (χ4n) is 1.71. The smallest absolute Gasteiger partial charge is 0.276 e. The van der Waals surface area contributed by atoms with E-state index in [2.05, 4.69) is 5.32 Å². The highest BCUT2D eigenvalue weighted by atomic mass is 32.1.